The fraction of sp³-hybridized carbons (Fsp3) is 0.400. The number of anilines is 1. The molecule has 1 N–H and O–H groups in total. The maximum atomic E-state index is 5.42. The zero-order valence-corrected chi connectivity index (χ0v) is 11.9. The third-order valence-corrected chi connectivity index (χ3v) is 3.23. The quantitative estimate of drug-likeness (QED) is 0.787. The molecule has 2 heterocycles. The van der Waals surface area contributed by atoms with E-state index in [0.29, 0.717) is 26.4 Å². The second kappa shape index (κ2) is 6.60. The minimum atomic E-state index is 0.273. The van der Waals surface area contributed by atoms with Crippen LogP contribution in [0.15, 0.2) is 24.4 Å². The van der Waals surface area contributed by atoms with Gasteiger partial charge in [0.2, 0.25) is 6.79 Å². The summed E-state index contributed by atoms with van der Waals surface area (Å²) in [6.45, 7) is 2.77. The molecule has 3 rings (SSSR count). The van der Waals surface area contributed by atoms with Gasteiger partial charge in [0.05, 0.1) is 19.8 Å². The predicted octanol–water partition coefficient (Wildman–Crippen LogP) is 2.04. The summed E-state index contributed by atoms with van der Waals surface area (Å²) in [5.41, 5.74) is 0. The number of methoxy groups -OCH3 is 1. The van der Waals surface area contributed by atoms with Crippen LogP contribution in [0, 0.1) is 0 Å². The Labute approximate surface area is 123 Å². The van der Waals surface area contributed by atoms with Gasteiger partial charge < -0.3 is 24.3 Å². The Kier molecular flexibility index (Phi) is 4.37. The molecule has 0 atom stereocenters. The highest BCUT2D eigenvalue weighted by molar-refractivity contribution is 5.94. The van der Waals surface area contributed by atoms with Gasteiger partial charge in [0, 0.05) is 25.2 Å². The number of ether oxygens (including phenoxy) is 4. The number of rotatable bonds is 7. The molecule has 0 amide bonds. The second-order valence-corrected chi connectivity index (χ2v) is 4.62. The summed E-state index contributed by atoms with van der Waals surface area (Å²) in [6, 6.07) is 5.88. The van der Waals surface area contributed by atoms with Gasteiger partial charge >= 0.3 is 0 Å². The first-order chi connectivity index (χ1) is 10.4. The van der Waals surface area contributed by atoms with E-state index in [-0.39, 0.29) is 6.79 Å². The monoisotopic (exact) mass is 290 g/mol. The van der Waals surface area contributed by atoms with E-state index in [1.54, 1.807) is 13.3 Å². The Morgan fingerprint density at radius 1 is 1.19 bits per heavy atom. The highest BCUT2D eigenvalue weighted by Gasteiger charge is 2.15. The topological polar surface area (TPSA) is 61.8 Å². The standard InChI is InChI=1S/C15H18N2O4/c1-18-6-7-19-5-4-17-15-12-9-14-13(20-10-21-14)8-11(12)2-3-16-15/h2-3,8-9H,4-7,10H2,1H3,(H,16,17). The zero-order valence-electron chi connectivity index (χ0n) is 11.9. The number of nitrogens with one attached hydrogen (secondary N) is 1. The lowest BCUT2D eigenvalue weighted by Crippen LogP contribution is -2.12. The van der Waals surface area contributed by atoms with Crippen LogP contribution >= 0.6 is 0 Å². The maximum Gasteiger partial charge on any atom is 0.231 e. The summed E-state index contributed by atoms with van der Waals surface area (Å²) in [5, 5.41) is 5.36. The fourth-order valence-electron chi connectivity index (χ4n) is 2.19. The molecule has 0 unspecified atom stereocenters. The average Bonchev–Trinajstić information content (AvgIpc) is 2.96. The SMILES string of the molecule is COCCOCCNc1nccc2cc3c(cc12)OCO3. The Hall–Kier alpha value is -2.05. The van der Waals surface area contributed by atoms with Crippen LogP contribution in [-0.2, 0) is 9.47 Å². The highest BCUT2D eigenvalue weighted by Crippen LogP contribution is 2.37. The van der Waals surface area contributed by atoms with Crippen LogP contribution < -0.4 is 14.8 Å². The molecule has 1 aromatic carbocycles. The summed E-state index contributed by atoms with van der Waals surface area (Å²) in [6.07, 6.45) is 1.78. The van der Waals surface area contributed by atoms with Gasteiger partial charge in [0.1, 0.15) is 5.82 Å². The maximum absolute atomic E-state index is 5.42. The molecule has 0 saturated carbocycles. The zero-order chi connectivity index (χ0) is 14.5. The predicted molar refractivity (Wildman–Crippen MR) is 79.1 cm³/mol. The van der Waals surface area contributed by atoms with E-state index in [9.17, 15) is 0 Å². The Morgan fingerprint density at radius 3 is 2.90 bits per heavy atom. The van der Waals surface area contributed by atoms with Gasteiger partial charge in [0.25, 0.3) is 0 Å². The van der Waals surface area contributed by atoms with Crippen LogP contribution in [0.2, 0.25) is 0 Å². The Balaban J connectivity index is 1.67. The summed E-state index contributed by atoms with van der Waals surface area (Å²) >= 11 is 0. The molecular formula is C15H18N2O4. The van der Waals surface area contributed by atoms with E-state index in [1.165, 1.54) is 0 Å². The smallest absolute Gasteiger partial charge is 0.231 e. The molecule has 0 radical (unpaired) electrons. The van der Waals surface area contributed by atoms with Crippen molar-refractivity contribution in [3.63, 3.8) is 0 Å². The molecule has 0 saturated heterocycles. The average molecular weight is 290 g/mol. The van der Waals surface area contributed by atoms with Gasteiger partial charge in [0.15, 0.2) is 11.5 Å². The molecule has 1 aliphatic heterocycles. The molecule has 0 aliphatic carbocycles. The molecule has 1 aliphatic rings. The summed E-state index contributed by atoms with van der Waals surface area (Å²) in [4.78, 5) is 4.38. The molecule has 0 fully saturated rings. The lowest BCUT2D eigenvalue weighted by atomic mass is 10.1. The van der Waals surface area contributed by atoms with Crippen LogP contribution in [-0.4, -0.2) is 45.3 Å². The first-order valence-corrected chi connectivity index (χ1v) is 6.87. The van der Waals surface area contributed by atoms with Crippen molar-refractivity contribution in [1.29, 1.82) is 0 Å². The minimum Gasteiger partial charge on any atom is -0.454 e. The van der Waals surface area contributed by atoms with Gasteiger partial charge in [-0.3, -0.25) is 0 Å². The normalized spacial score (nSPS) is 12.8. The summed E-state index contributed by atoms with van der Waals surface area (Å²) in [5.74, 6) is 2.36. The first-order valence-electron chi connectivity index (χ1n) is 6.87. The number of fused-ring (bicyclic) bond motifs is 2. The van der Waals surface area contributed by atoms with Crippen molar-refractivity contribution in [3.8, 4) is 11.5 Å². The van der Waals surface area contributed by atoms with Crippen molar-refractivity contribution >= 4 is 16.6 Å². The van der Waals surface area contributed by atoms with E-state index >= 15 is 0 Å². The van der Waals surface area contributed by atoms with E-state index in [2.05, 4.69) is 10.3 Å². The highest BCUT2D eigenvalue weighted by atomic mass is 16.7. The molecule has 6 nitrogen and oxygen atoms in total. The van der Waals surface area contributed by atoms with Gasteiger partial charge in [-0.1, -0.05) is 0 Å². The van der Waals surface area contributed by atoms with E-state index < -0.39 is 0 Å². The van der Waals surface area contributed by atoms with Crippen molar-refractivity contribution in [3.05, 3.63) is 24.4 Å². The van der Waals surface area contributed by atoms with Crippen molar-refractivity contribution in [2.24, 2.45) is 0 Å². The lowest BCUT2D eigenvalue weighted by Gasteiger charge is -2.10. The van der Waals surface area contributed by atoms with E-state index in [4.69, 9.17) is 18.9 Å². The van der Waals surface area contributed by atoms with Gasteiger partial charge in [-0.05, 0) is 23.6 Å². The lowest BCUT2D eigenvalue weighted by molar-refractivity contribution is 0.0759. The molecule has 1 aromatic heterocycles. The molecule has 6 heteroatoms. The van der Waals surface area contributed by atoms with Crippen molar-refractivity contribution in [2.45, 2.75) is 0 Å². The van der Waals surface area contributed by atoms with Gasteiger partial charge in [-0.25, -0.2) is 4.98 Å². The largest absolute Gasteiger partial charge is 0.454 e. The number of benzene rings is 1. The van der Waals surface area contributed by atoms with Gasteiger partial charge in [-0.15, -0.1) is 0 Å². The third kappa shape index (κ3) is 3.17. The Bertz CT molecular complexity index is 618. The van der Waals surface area contributed by atoms with Crippen molar-refractivity contribution in [1.82, 2.24) is 4.98 Å². The number of hydrogen-bond donors (Lipinski definition) is 1. The molecule has 0 spiro atoms. The molecule has 112 valence electrons. The third-order valence-electron chi connectivity index (χ3n) is 3.23. The van der Waals surface area contributed by atoms with Crippen LogP contribution in [0.1, 0.15) is 0 Å². The second-order valence-electron chi connectivity index (χ2n) is 4.62. The van der Waals surface area contributed by atoms with Gasteiger partial charge in [-0.2, -0.15) is 0 Å². The fourth-order valence-corrected chi connectivity index (χ4v) is 2.19. The molecular weight excluding hydrogens is 272 g/mol. The first kappa shape index (κ1) is 13.9. The number of nitrogens with zero attached hydrogens (tertiary/aromatic N) is 1. The van der Waals surface area contributed by atoms with Crippen LogP contribution in [0.5, 0.6) is 11.5 Å². The number of pyridine rings is 1. The van der Waals surface area contributed by atoms with Crippen LogP contribution in [0.3, 0.4) is 0 Å². The van der Waals surface area contributed by atoms with Crippen molar-refractivity contribution in [2.75, 3.05) is 45.6 Å². The minimum absolute atomic E-state index is 0.273. The summed E-state index contributed by atoms with van der Waals surface area (Å²) in [7, 11) is 1.66. The van der Waals surface area contributed by atoms with E-state index in [0.717, 1.165) is 28.1 Å². The summed E-state index contributed by atoms with van der Waals surface area (Å²) < 4.78 is 21.1. The molecule has 2 aromatic rings. The van der Waals surface area contributed by atoms with Crippen LogP contribution in [0.25, 0.3) is 10.8 Å². The number of hydrogen-bond acceptors (Lipinski definition) is 6. The number of aromatic nitrogens is 1. The van der Waals surface area contributed by atoms with Crippen LogP contribution in [0.4, 0.5) is 5.82 Å². The van der Waals surface area contributed by atoms with E-state index in [1.807, 2.05) is 18.2 Å². The Morgan fingerprint density at radius 2 is 2.05 bits per heavy atom. The molecule has 21 heavy (non-hydrogen) atoms. The van der Waals surface area contributed by atoms with Crippen molar-refractivity contribution < 1.29 is 18.9 Å². The molecule has 0 bridgehead atoms.